The fraction of sp³-hybridized carbons (Fsp3) is 0.833. The van der Waals surface area contributed by atoms with Crippen LogP contribution in [-0.2, 0) is 14.6 Å². The standard InChI is InChI=1S/C12H22N2O5S/c1-9(3-4-11(15)16)7-13-12(17)14(2)10-5-6-20(18,19)8-10/h9-10H,3-8H2,1-2H3,(H,13,17)(H,15,16). The van der Waals surface area contributed by atoms with Gasteiger partial charge in [0, 0.05) is 26.1 Å². The summed E-state index contributed by atoms with van der Waals surface area (Å²) in [5.41, 5.74) is 0. The zero-order valence-electron chi connectivity index (χ0n) is 11.8. The summed E-state index contributed by atoms with van der Waals surface area (Å²) < 4.78 is 22.7. The summed E-state index contributed by atoms with van der Waals surface area (Å²) in [5.74, 6) is -0.636. The summed E-state index contributed by atoms with van der Waals surface area (Å²) in [6.45, 7) is 2.25. The van der Waals surface area contributed by atoms with Crippen molar-refractivity contribution in [3.05, 3.63) is 0 Å². The number of amides is 2. The number of carbonyl (C=O) groups is 2. The Morgan fingerprint density at radius 1 is 1.45 bits per heavy atom. The molecule has 0 aromatic heterocycles. The quantitative estimate of drug-likeness (QED) is 0.735. The van der Waals surface area contributed by atoms with Crippen molar-refractivity contribution in [2.45, 2.75) is 32.2 Å². The van der Waals surface area contributed by atoms with E-state index in [-0.39, 0.29) is 35.9 Å². The maximum atomic E-state index is 11.9. The van der Waals surface area contributed by atoms with Crippen LogP contribution in [0.4, 0.5) is 4.79 Å². The Balaban J connectivity index is 2.33. The van der Waals surface area contributed by atoms with E-state index in [1.54, 1.807) is 7.05 Å². The molecule has 2 N–H and O–H groups in total. The number of hydrogen-bond acceptors (Lipinski definition) is 4. The number of carbonyl (C=O) groups excluding carboxylic acids is 1. The van der Waals surface area contributed by atoms with Crippen molar-refractivity contribution in [1.82, 2.24) is 10.2 Å². The molecule has 0 aromatic rings. The van der Waals surface area contributed by atoms with Gasteiger partial charge in [0.25, 0.3) is 0 Å². The molecule has 1 rings (SSSR count). The fourth-order valence-electron chi connectivity index (χ4n) is 2.10. The lowest BCUT2D eigenvalue weighted by atomic mass is 10.1. The van der Waals surface area contributed by atoms with E-state index >= 15 is 0 Å². The number of sulfone groups is 1. The lowest BCUT2D eigenvalue weighted by Gasteiger charge is -2.24. The lowest BCUT2D eigenvalue weighted by Crippen LogP contribution is -2.45. The van der Waals surface area contributed by atoms with Crippen molar-refractivity contribution in [2.24, 2.45) is 5.92 Å². The smallest absolute Gasteiger partial charge is 0.317 e. The predicted molar refractivity (Wildman–Crippen MR) is 74.3 cm³/mol. The third-order valence-corrected chi connectivity index (χ3v) is 5.28. The molecule has 116 valence electrons. The molecule has 0 bridgehead atoms. The van der Waals surface area contributed by atoms with Crippen LogP contribution >= 0.6 is 0 Å². The largest absolute Gasteiger partial charge is 0.481 e. The molecule has 1 aliphatic heterocycles. The summed E-state index contributed by atoms with van der Waals surface area (Å²) in [6, 6.07) is -0.580. The van der Waals surface area contributed by atoms with Crippen molar-refractivity contribution in [2.75, 3.05) is 25.1 Å². The molecule has 8 heteroatoms. The number of aliphatic carboxylic acids is 1. The van der Waals surface area contributed by atoms with Gasteiger partial charge in [-0.25, -0.2) is 13.2 Å². The van der Waals surface area contributed by atoms with Crippen LogP contribution < -0.4 is 5.32 Å². The van der Waals surface area contributed by atoms with E-state index in [0.717, 1.165) is 0 Å². The van der Waals surface area contributed by atoms with Crippen LogP contribution in [0.25, 0.3) is 0 Å². The summed E-state index contributed by atoms with van der Waals surface area (Å²) >= 11 is 0. The predicted octanol–water partition coefficient (Wildman–Crippen LogP) is 0.316. The first-order chi connectivity index (χ1) is 9.21. The number of nitrogens with zero attached hydrogens (tertiary/aromatic N) is 1. The number of nitrogens with one attached hydrogen (secondary N) is 1. The highest BCUT2D eigenvalue weighted by molar-refractivity contribution is 7.91. The molecule has 20 heavy (non-hydrogen) atoms. The second-order valence-electron chi connectivity index (χ2n) is 5.39. The molecule has 0 radical (unpaired) electrons. The number of rotatable bonds is 6. The third kappa shape index (κ3) is 5.36. The van der Waals surface area contributed by atoms with E-state index in [9.17, 15) is 18.0 Å². The maximum Gasteiger partial charge on any atom is 0.317 e. The third-order valence-electron chi connectivity index (χ3n) is 3.53. The number of urea groups is 1. The van der Waals surface area contributed by atoms with Gasteiger partial charge < -0.3 is 15.3 Å². The minimum Gasteiger partial charge on any atom is -0.481 e. The van der Waals surface area contributed by atoms with Gasteiger partial charge >= 0.3 is 12.0 Å². The van der Waals surface area contributed by atoms with Crippen molar-refractivity contribution in [3.8, 4) is 0 Å². The van der Waals surface area contributed by atoms with Gasteiger partial charge in [-0.05, 0) is 18.8 Å². The van der Waals surface area contributed by atoms with Crippen LogP contribution in [0.15, 0.2) is 0 Å². The first-order valence-corrected chi connectivity index (χ1v) is 8.46. The Bertz CT molecular complexity index is 462. The van der Waals surface area contributed by atoms with Crippen LogP contribution in [0.2, 0.25) is 0 Å². The summed E-state index contributed by atoms with van der Waals surface area (Å²) in [7, 11) is -1.42. The van der Waals surface area contributed by atoms with Gasteiger partial charge in [-0.1, -0.05) is 6.92 Å². The molecule has 1 fully saturated rings. The minimum atomic E-state index is -3.01. The van der Waals surface area contributed by atoms with Crippen molar-refractivity contribution >= 4 is 21.8 Å². The fourth-order valence-corrected chi connectivity index (χ4v) is 3.88. The second-order valence-corrected chi connectivity index (χ2v) is 7.62. The van der Waals surface area contributed by atoms with Gasteiger partial charge in [0.1, 0.15) is 0 Å². The van der Waals surface area contributed by atoms with Gasteiger partial charge in [0.05, 0.1) is 11.5 Å². The van der Waals surface area contributed by atoms with Crippen LogP contribution in [-0.4, -0.2) is 61.6 Å². The van der Waals surface area contributed by atoms with Crippen molar-refractivity contribution < 1.29 is 23.1 Å². The van der Waals surface area contributed by atoms with E-state index < -0.39 is 15.8 Å². The van der Waals surface area contributed by atoms with Crippen LogP contribution in [0.1, 0.15) is 26.2 Å². The van der Waals surface area contributed by atoms with E-state index in [1.165, 1.54) is 4.90 Å². The van der Waals surface area contributed by atoms with Gasteiger partial charge in [-0.2, -0.15) is 0 Å². The molecule has 0 aromatic carbocycles. The van der Waals surface area contributed by atoms with E-state index in [1.807, 2.05) is 6.92 Å². The van der Waals surface area contributed by atoms with Crippen molar-refractivity contribution in [3.63, 3.8) is 0 Å². The molecule has 2 atom stereocenters. The Labute approximate surface area is 119 Å². The highest BCUT2D eigenvalue weighted by Gasteiger charge is 2.32. The maximum absolute atomic E-state index is 11.9. The molecular weight excluding hydrogens is 284 g/mol. The lowest BCUT2D eigenvalue weighted by molar-refractivity contribution is -0.137. The van der Waals surface area contributed by atoms with E-state index in [2.05, 4.69) is 5.32 Å². The molecule has 1 heterocycles. The van der Waals surface area contributed by atoms with Gasteiger partial charge in [-0.3, -0.25) is 4.79 Å². The normalized spacial score (nSPS) is 22.2. The Morgan fingerprint density at radius 2 is 2.10 bits per heavy atom. The summed E-state index contributed by atoms with van der Waals surface area (Å²) in [6.07, 6.45) is 1.05. The van der Waals surface area contributed by atoms with Crippen LogP contribution in [0, 0.1) is 5.92 Å². The van der Waals surface area contributed by atoms with Gasteiger partial charge in [0.15, 0.2) is 9.84 Å². The van der Waals surface area contributed by atoms with Gasteiger partial charge in [-0.15, -0.1) is 0 Å². The summed E-state index contributed by atoms with van der Waals surface area (Å²) in [4.78, 5) is 23.7. The van der Waals surface area contributed by atoms with E-state index in [0.29, 0.717) is 19.4 Å². The summed E-state index contributed by atoms with van der Waals surface area (Å²) in [5, 5.41) is 11.3. The first kappa shape index (κ1) is 16.7. The zero-order valence-corrected chi connectivity index (χ0v) is 12.6. The molecule has 1 saturated heterocycles. The highest BCUT2D eigenvalue weighted by atomic mass is 32.2. The molecule has 0 spiro atoms. The Morgan fingerprint density at radius 3 is 2.60 bits per heavy atom. The Kier molecular flexibility index (Phi) is 5.79. The Hall–Kier alpha value is -1.31. The van der Waals surface area contributed by atoms with E-state index in [4.69, 9.17) is 5.11 Å². The molecular formula is C12H22N2O5S. The molecule has 2 amide bonds. The minimum absolute atomic E-state index is 0.0193. The molecule has 0 aliphatic carbocycles. The average molecular weight is 306 g/mol. The number of hydrogen-bond donors (Lipinski definition) is 2. The first-order valence-electron chi connectivity index (χ1n) is 6.64. The molecule has 1 aliphatic rings. The van der Waals surface area contributed by atoms with Crippen LogP contribution in [0.3, 0.4) is 0 Å². The average Bonchev–Trinajstić information content (AvgIpc) is 2.72. The number of carboxylic acid groups (broad SMARTS) is 1. The number of carboxylic acids is 1. The monoisotopic (exact) mass is 306 g/mol. The molecule has 0 saturated carbocycles. The molecule has 2 unspecified atom stereocenters. The van der Waals surface area contributed by atoms with Crippen LogP contribution in [0.5, 0.6) is 0 Å². The SMILES string of the molecule is CC(CCC(=O)O)CNC(=O)N(C)C1CCS(=O)(=O)C1. The highest BCUT2D eigenvalue weighted by Crippen LogP contribution is 2.16. The zero-order chi connectivity index (χ0) is 15.3. The van der Waals surface area contributed by atoms with Gasteiger partial charge in [0.2, 0.25) is 0 Å². The molecule has 7 nitrogen and oxygen atoms in total. The second kappa shape index (κ2) is 6.92. The van der Waals surface area contributed by atoms with Crippen molar-refractivity contribution in [1.29, 1.82) is 0 Å². The topological polar surface area (TPSA) is 104 Å².